The molecule has 4 heteroatoms. The SMILES string of the molecule is COCCCN(C)c1ccc(C(C)=O)c(O)c1. The Kier molecular flexibility index (Phi) is 4.97. The lowest BCUT2D eigenvalue weighted by Gasteiger charge is -2.19. The normalized spacial score (nSPS) is 10.3. The molecule has 0 unspecified atom stereocenters. The third kappa shape index (κ3) is 3.75. The van der Waals surface area contributed by atoms with Crippen LogP contribution in [-0.2, 0) is 4.74 Å². The van der Waals surface area contributed by atoms with E-state index < -0.39 is 0 Å². The molecule has 0 atom stereocenters. The number of ketones is 1. The van der Waals surface area contributed by atoms with E-state index in [1.54, 1.807) is 19.2 Å². The summed E-state index contributed by atoms with van der Waals surface area (Å²) in [5.74, 6) is -0.0929. The standard InChI is InChI=1S/C13H19NO3/c1-10(15)12-6-5-11(9-13(12)16)14(2)7-4-8-17-3/h5-6,9,16H,4,7-8H2,1-3H3. The lowest BCUT2D eigenvalue weighted by atomic mass is 10.1. The first-order valence-electron chi connectivity index (χ1n) is 5.60. The maximum Gasteiger partial charge on any atom is 0.163 e. The van der Waals surface area contributed by atoms with Gasteiger partial charge in [0, 0.05) is 39.1 Å². The number of rotatable bonds is 6. The Morgan fingerprint density at radius 2 is 2.18 bits per heavy atom. The summed E-state index contributed by atoms with van der Waals surface area (Å²) in [7, 11) is 3.62. The summed E-state index contributed by atoms with van der Waals surface area (Å²) < 4.78 is 4.98. The van der Waals surface area contributed by atoms with E-state index in [1.165, 1.54) is 6.92 Å². The fourth-order valence-corrected chi connectivity index (χ4v) is 1.63. The molecule has 0 saturated carbocycles. The molecule has 0 heterocycles. The molecular weight excluding hydrogens is 218 g/mol. The van der Waals surface area contributed by atoms with Crippen LogP contribution in [0, 0.1) is 0 Å². The van der Waals surface area contributed by atoms with E-state index in [9.17, 15) is 9.90 Å². The lowest BCUT2D eigenvalue weighted by Crippen LogP contribution is -2.19. The number of nitrogens with zero attached hydrogens (tertiary/aromatic N) is 1. The summed E-state index contributed by atoms with van der Waals surface area (Å²) in [6, 6.07) is 5.10. The number of hydrogen-bond acceptors (Lipinski definition) is 4. The number of ether oxygens (including phenoxy) is 1. The van der Waals surface area contributed by atoms with Gasteiger partial charge in [0.05, 0.1) is 5.56 Å². The maximum atomic E-state index is 11.2. The van der Waals surface area contributed by atoms with Gasteiger partial charge in [0.1, 0.15) is 5.75 Å². The van der Waals surface area contributed by atoms with Crippen LogP contribution in [0.5, 0.6) is 5.75 Å². The van der Waals surface area contributed by atoms with Crippen LogP contribution in [0.4, 0.5) is 5.69 Å². The number of carbonyl (C=O) groups is 1. The van der Waals surface area contributed by atoms with Gasteiger partial charge in [0.25, 0.3) is 0 Å². The van der Waals surface area contributed by atoms with Gasteiger partial charge in [-0.1, -0.05) is 0 Å². The van der Waals surface area contributed by atoms with E-state index >= 15 is 0 Å². The molecule has 0 aliphatic rings. The Bertz CT molecular complexity index is 390. The molecule has 1 aromatic carbocycles. The van der Waals surface area contributed by atoms with E-state index in [1.807, 2.05) is 18.0 Å². The Hall–Kier alpha value is -1.55. The van der Waals surface area contributed by atoms with Gasteiger partial charge in [-0.3, -0.25) is 4.79 Å². The van der Waals surface area contributed by atoms with Crippen LogP contribution in [-0.4, -0.2) is 38.2 Å². The van der Waals surface area contributed by atoms with Crippen molar-refractivity contribution in [2.24, 2.45) is 0 Å². The molecule has 1 N–H and O–H groups in total. The number of anilines is 1. The van der Waals surface area contributed by atoms with Crippen LogP contribution in [0.1, 0.15) is 23.7 Å². The predicted molar refractivity (Wildman–Crippen MR) is 67.9 cm³/mol. The number of benzene rings is 1. The summed E-state index contributed by atoms with van der Waals surface area (Å²) in [5, 5.41) is 9.71. The van der Waals surface area contributed by atoms with Crippen LogP contribution < -0.4 is 4.90 Å². The lowest BCUT2D eigenvalue weighted by molar-refractivity contribution is 0.101. The van der Waals surface area contributed by atoms with Gasteiger partial charge in [-0.25, -0.2) is 0 Å². The Balaban J connectivity index is 2.72. The number of phenols is 1. The Morgan fingerprint density at radius 3 is 2.71 bits per heavy atom. The molecule has 1 rings (SSSR count). The zero-order valence-corrected chi connectivity index (χ0v) is 10.6. The first-order chi connectivity index (χ1) is 8.06. The largest absolute Gasteiger partial charge is 0.507 e. The second-order valence-electron chi connectivity index (χ2n) is 4.03. The van der Waals surface area contributed by atoms with E-state index in [4.69, 9.17) is 4.74 Å². The van der Waals surface area contributed by atoms with Crippen molar-refractivity contribution in [2.45, 2.75) is 13.3 Å². The molecular formula is C13H19NO3. The minimum Gasteiger partial charge on any atom is -0.507 e. The average Bonchev–Trinajstić information content (AvgIpc) is 2.28. The van der Waals surface area contributed by atoms with Crippen LogP contribution >= 0.6 is 0 Å². The third-order valence-electron chi connectivity index (χ3n) is 2.64. The zero-order valence-electron chi connectivity index (χ0n) is 10.6. The van der Waals surface area contributed by atoms with Crippen LogP contribution in [0.3, 0.4) is 0 Å². The maximum absolute atomic E-state index is 11.2. The highest BCUT2D eigenvalue weighted by molar-refractivity contribution is 5.97. The molecule has 0 amide bonds. The molecule has 0 radical (unpaired) electrons. The van der Waals surface area contributed by atoms with Crippen molar-refractivity contribution in [1.82, 2.24) is 0 Å². The van der Waals surface area contributed by atoms with E-state index in [-0.39, 0.29) is 11.5 Å². The third-order valence-corrected chi connectivity index (χ3v) is 2.64. The molecule has 0 spiro atoms. The molecule has 0 aromatic heterocycles. The minimum atomic E-state index is -0.129. The van der Waals surface area contributed by atoms with Crippen molar-refractivity contribution in [3.05, 3.63) is 23.8 Å². The average molecular weight is 237 g/mol. The second-order valence-corrected chi connectivity index (χ2v) is 4.03. The number of Topliss-reactive ketones (excluding diaryl/α,β-unsaturated/α-hetero) is 1. The van der Waals surface area contributed by atoms with E-state index in [0.717, 1.165) is 18.7 Å². The molecule has 0 fully saturated rings. The Morgan fingerprint density at radius 1 is 1.47 bits per heavy atom. The highest BCUT2D eigenvalue weighted by atomic mass is 16.5. The zero-order chi connectivity index (χ0) is 12.8. The van der Waals surface area contributed by atoms with Crippen molar-refractivity contribution < 1.29 is 14.6 Å². The molecule has 4 nitrogen and oxygen atoms in total. The van der Waals surface area contributed by atoms with E-state index in [2.05, 4.69) is 0 Å². The quantitative estimate of drug-likeness (QED) is 0.608. The fourth-order valence-electron chi connectivity index (χ4n) is 1.63. The number of aromatic hydroxyl groups is 1. The van der Waals surface area contributed by atoms with Gasteiger partial charge in [-0.15, -0.1) is 0 Å². The predicted octanol–water partition coefficient (Wildman–Crippen LogP) is 2.07. The van der Waals surface area contributed by atoms with Crippen molar-refractivity contribution >= 4 is 11.5 Å². The van der Waals surface area contributed by atoms with Gasteiger partial charge in [-0.2, -0.15) is 0 Å². The Labute approximate surface area is 102 Å². The topological polar surface area (TPSA) is 49.8 Å². The van der Waals surface area contributed by atoms with Crippen molar-refractivity contribution in [1.29, 1.82) is 0 Å². The fraction of sp³-hybridized carbons (Fsp3) is 0.462. The molecule has 1 aromatic rings. The summed E-state index contributed by atoms with van der Waals surface area (Å²) in [6.07, 6.45) is 0.919. The number of phenolic OH excluding ortho intramolecular Hbond substituents is 1. The number of carbonyl (C=O) groups excluding carboxylic acids is 1. The number of hydrogen-bond donors (Lipinski definition) is 1. The van der Waals surface area contributed by atoms with Crippen LogP contribution in [0.2, 0.25) is 0 Å². The first kappa shape index (κ1) is 13.5. The summed E-state index contributed by atoms with van der Waals surface area (Å²) in [4.78, 5) is 13.2. The summed E-state index contributed by atoms with van der Waals surface area (Å²) in [5.41, 5.74) is 1.25. The van der Waals surface area contributed by atoms with Crippen molar-refractivity contribution in [3.8, 4) is 5.75 Å². The van der Waals surface area contributed by atoms with Gasteiger partial charge < -0.3 is 14.7 Å². The van der Waals surface area contributed by atoms with Crippen LogP contribution in [0.15, 0.2) is 18.2 Å². The second kappa shape index (κ2) is 6.25. The first-order valence-corrected chi connectivity index (χ1v) is 5.60. The van der Waals surface area contributed by atoms with Gasteiger partial charge in [0.15, 0.2) is 5.78 Å². The molecule has 0 aliphatic heterocycles. The van der Waals surface area contributed by atoms with Crippen LogP contribution in [0.25, 0.3) is 0 Å². The number of methoxy groups -OCH3 is 1. The molecule has 0 bridgehead atoms. The van der Waals surface area contributed by atoms with Crippen molar-refractivity contribution in [2.75, 3.05) is 32.2 Å². The minimum absolute atomic E-state index is 0.0357. The highest BCUT2D eigenvalue weighted by Crippen LogP contribution is 2.24. The van der Waals surface area contributed by atoms with Gasteiger partial charge >= 0.3 is 0 Å². The molecule has 0 saturated heterocycles. The highest BCUT2D eigenvalue weighted by Gasteiger charge is 2.08. The summed E-state index contributed by atoms with van der Waals surface area (Å²) >= 11 is 0. The monoisotopic (exact) mass is 237 g/mol. The van der Waals surface area contributed by atoms with Gasteiger partial charge in [0.2, 0.25) is 0 Å². The molecule has 0 aliphatic carbocycles. The van der Waals surface area contributed by atoms with Gasteiger partial charge in [-0.05, 0) is 25.5 Å². The molecule has 17 heavy (non-hydrogen) atoms. The summed E-state index contributed by atoms with van der Waals surface area (Å²) in [6.45, 7) is 2.99. The molecule has 94 valence electrons. The van der Waals surface area contributed by atoms with E-state index in [0.29, 0.717) is 12.2 Å². The van der Waals surface area contributed by atoms with Crippen molar-refractivity contribution in [3.63, 3.8) is 0 Å². The smallest absolute Gasteiger partial charge is 0.163 e.